The van der Waals surface area contributed by atoms with Gasteiger partial charge in [-0.3, -0.25) is 0 Å². The number of guanidine groups is 1. The van der Waals surface area contributed by atoms with Crippen molar-refractivity contribution in [1.82, 2.24) is 5.32 Å². The highest BCUT2D eigenvalue weighted by Crippen LogP contribution is 2.29. The van der Waals surface area contributed by atoms with Crippen LogP contribution in [0.5, 0.6) is 5.75 Å². The van der Waals surface area contributed by atoms with E-state index >= 15 is 0 Å². The van der Waals surface area contributed by atoms with Gasteiger partial charge in [0.05, 0.1) is 13.2 Å². The van der Waals surface area contributed by atoms with Gasteiger partial charge in [0.25, 0.3) is 0 Å². The molecule has 23 heavy (non-hydrogen) atoms. The molecular formula is C16H18FN3O2S. The van der Waals surface area contributed by atoms with Crippen LogP contribution in [0.25, 0.3) is 0 Å². The molecule has 3 rings (SSSR count). The van der Waals surface area contributed by atoms with E-state index in [0.717, 1.165) is 6.42 Å². The maximum absolute atomic E-state index is 13.6. The van der Waals surface area contributed by atoms with Crippen LogP contribution in [0, 0.1) is 5.82 Å². The zero-order valence-corrected chi connectivity index (χ0v) is 13.4. The summed E-state index contributed by atoms with van der Waals surface area (Å²) in [7, 11) is 0. The predicted octanol–water partition coefficient (Wildman–Crippen LogP) is 2.40. The average molecular weight is 335 g/mol. The highest BCUT2D eigenvalue weighted by Gasteiger charge is 2.16. The van der Waals surface area contributed by atoms with Gasteiger partial charge in [-0.25, -0.2) is 9.38 Å². The number of thiophene rings is 1. The van der Waals surface area contributed by atoms with Crippen LogP contribution in [-0.4, -0.2) is 19.3 Å². The van der Waals surface area contributed by atoms with E-state index in [4.69, 9.17) is 15.2 Å². The summed E-state index contributed by atoms with van der Waals surface area (Å²) in [6, 6.07) is 6.95. The highest BCUT2D eigenvalue weighted by molar-refractivity contribution is 7.09. The number of nitrogens with zero attached hydrogens (tertiary/aromatic N) is 1. The monoisotopic (exact) mass is 335 g/mol. The fourth-order valence-corrected chi connectivity index (χ4v) is 3.08. The standard InChI is InChI=1S/C16H18FN3O2S/c17-13-6-11(15-12(7-13)9-21-10-22-15)8-20-16(18)19-4-3-14-2-1-5-23-14/h1-2,5-7H,3-4,8-10H2,(H3,18,19,20). The van der Waals surface area contributed by atoms with E-state index in [1.807, 2.05) is 11.4 Å². The molecule has 1 aliphatic heterocycles. The summed E-state index contributed by atoms with van der Waals surface area (Å²) in [6.45, 7) is 1.49. The molecule has 1 aromatic carbocycles. The van der Waals surface area contributed by atoms with Gasteiger partial charge in [0.15, 0.2) is 12.8 Å². The molecule has 0 unspecified atom stereocenters. The molecule has 5 nitrogen and oxygen atoms in total. The minimum absolute atomic E-state index is 0.171. The number of ether oxygens (including phenoxy) is 2. The summed E-state index contributed by atoms with van der Waals surface area (Å²) in [5.74, 6) is 0.659. The van der Waals surface area contributed by atoms with Crippen LogP contribution >= 0.6 is 11.3 Å². The Morgan fingerprint density at radius 2 is 2.35 bits per heavy atom. The fraction of sp³-hybridized carbons (Fsp3) is 0.312. The first kappa shape index (κ1) is 15.8. The number of benzene rings is 1. The van der Waals surface area contributed by atoms with E-state index in [-0.39, 0.29) is 19.2 Å². The Balaban J connectivity index is 1.59. The molecule has 2 heterocycles. The minimum atomic E-state index is -0.327. The van der Waals surface area contributed by atoms with Crippen LogP contribution in [0.4, 0.5) is 4.39 Å². The van der Waals surface area contributed by atoms with Crippen LogP contribution in [0.15, 0.2) is 34.6 Å². The van der Waals surface area contributed by atoms with Crippen molar-refractivity contribution in [3.8, 4) is 5.75 Å². The quantitative estimate of drug-likeness (QED) is 0.650. The lowest BCUT2D eigenvalue weighted by Crippen LogP contribution is -2.33. The lowest BCUT2D eigenvalue weighted by molar-refractivity contribution is -0.0172. The summed E-state index contributed by atoms with van der Waals surface area (Å²) in [5, 5.41) is 5.11. The smallest absolute Gasteiger partial charge is 0.189 e. The maximum atomic E-state index is 13.6. The molecule has 2 aromatic rings. The molecule has 7 heteroatoms. The molecule has 3 N–H and O–H groups in total. The van der Waals surface area contributed by atoms with E-state index in [0.29, 0.717) is 36.0 Å². The van der Waals surface area contributed by atoms with E-state index in [9.17, 15) is 4.39 Å². The average Bonchev–Trinajstić information content (AvgIpc) is 3.06. The number of hydrogen-bond acceptors (Lipinski definition) is 4. The first-order valence-corrected chi connectivity index (χ1v) is 8.18. The van der Waals surface area contributed by atoms with Gasteiger partial charge in [-0.05, 0) is 30.0 Å². The van der Waals surface area contributed by atoms with E-state index in [2.05, 4.69) is 16.4 Å². The van der Waals surface area contributed by atoms with Crippen molar-refractivity contribution >= 4 is 17.3 Å². The topological polar surface area (TPSA) is 68.9 Å². The van der Waals surface area contributed by atoms with Crippen molar-refractivity contribution in [3.05, 3.63) is 51.5 Å². The second-order valence-electron chi connectivity index (χ2n) is 5.12. The van der Waals surface area contributed by atoms with Crippen molar-refractivity contribution in [2.75, 3.05) is 13.3 Å². The third-order valence-corrected chi connectivity index (χ3v) is 4.37. The molecular weight excluding hydrogens is 317 g/mol. The van der Waals surface area contributed by atoms with Gasteiger partial charge in [-0.15, -0.1) is 11.3 Å². The number of aliphatic imine (C=N–C) groups is 1. The Morgan fingerprint density at radius 1 is 1.43 bits per heavy atom. The summed E-state index contributed by atoms with van der Waals surface area (Å²) in [4.78, 5) is 5.55. The first-order chi connectivity index (χ1) is 11.2. The van der Waals surface area contributed by atoms with Gasteiger partial charge in [0, 0.05) is 22.5 Å². The van der Waals surface area contributed by atoms with E-state index in [1.54, 1.807) is 11.3 Å². The van der Waals surface area contributed by atoms with E-state index in [1.165, 1.54) is 17.0 Å². The number of hydrogen-bond donors (Lipinski definition) is 2. The first-order valence-electron chi connectivity index (χ1n) is 7.30. The number of nitrogens with one attached hydrogen (secondary N) is 1. The van der Waals surface area contributed by atoms with Gasteiger partial charge < -0.3 is 20.5 Å². The van der Waals surface area contributed by atoms with Crippen LogP contribution < -0.4 is 15.8 Å². The van der Waals surface area contributed by atoms with Crippen molar-refractivity contribution < 1.29 is 13.9 Å². The minimum Gasteiger partial charge on any atom is -0.467 e. The van der Waals surface area contributed by atoms with Crippen molar-refractivity contribution in [1.29, 1.82) is 0 Å². The van der Waals surface area contributed by atoms with Gasteiger partial charge in [-0.2, -0.15) is 0 Å². The molecule has 0 bridgehead atoms. The normalized spacial score (nSPS) is 14.2. The molecule has 0 fully saturated rings. The van der Waals surface area contributed by atoms with Gasteiger partial charge in [-0.1, -0.05) is 6.07 Å². The second kappa shape index (κ2) is 7.43. The molecule has 0 spiro atoms. The molecule has 1 aromatic heterocycles. The van der Waals surface area contributed by atoms with E-state index < -0.39 is 0 Å². The Bertz CT molecular complexity index is 689. The molecule has 0 radical (unpaired) electrons. The van der Waals surface area contributed by atoms with Crippen LogP contribution in [0.1, 0.15) is 16.0 Å². The lowest BCUT2D eigenvalue weighted by Gasteiger charge is -2.20. The lowest BCUT2D eigenvalue weighted by atomic mass is 10.1. The molecule has 0 atom stereocenters. The Kier molecular flexibility index (Phi) is 5.09. The molecule has 0 amide bonds. The van der Waals surface area contributed by atoms with Crippen LogP contribution in [0.3, 0.4) is 0 Å². The fourth-order valence-electron chi connectivity index (χ4n) is 2.37. The zero-order chi connectivity index (χ0) is 16.1. The highest BCUT2D eigenvalue weighted by atomic mass is 32.1. The number of fused-ring (bicyclic) bond motifs is 1. The second-order valence-corrected chi connectivity index (χ2v) is 6.15. The van der Waals surface area contributed by atoms with Crippen molar-refractivity contribution in [2.45, 2.75) is 19.6 Å². The van der Waals surface area contributed by atoms with Crippen molar-refractivity contribution in [3.63, 3.8) is 0 Å². The third-order valence-electron chi connectivity index (χ3n) is 3.43. The Labute approximate surface area is 137 Å². The Morgan fingerprint density at radius 3 is 3.17 bits per heavy atom. The number of rotatable bonds is 5. The third kappa shape index (κ3) is 4.20. The summed E-state index contributed by atoms with van der Waals surface area (Å²) >= 11 is 1.71. The Hall–Kier alpha value is -2.12. The predicted molar refractivity (Wildman–Crippen MR) is 88.0 cm³/mol. The van der Waals surface area contributed by atoms with Gasteiger partial charge in [0.1, 0.15) is 11.6 Å². The summed E-state index contributed by atoms with van der Waals surface area (Å²) in [5.41, 5.74) is 7.23. The maximum Gasteiger partial charge on any atom is 0.189 e. The molecule has 122 valence electrons. The summed E-state index contributed by atoms with van der Waals surface area (Å²) < 4.78 is 24.2. The number of halogens is 1. The van der Waals surface area contributed by atoms with Gasteiger partial charge in [0.2, 0.25) is 0 Å². The zero-order valence-electron chi connectivity index (χ0n) is 12.5. The van der Waals surface area contributed by atoms with Crippen LogP contribution in [0.2, 0.25) is 0 Å². The van der Waals surface area contributed by atoms with Crippen LogP contribution in [-0.2, 0) is 24.3 Å². The molecule has 0 aliphatic carbocycles. The SMILES string of the molecule is NC(=NCc1cc(F)cc2c1OCOC2)NCCc1cccs1. The molecule has 0 saturated carbocycles. The largest absolute Gasteiger partial charge is 0.467 e. The van der Waals surface area contributed by atoms with Gasteiger partial charge >= 0.3 is 0 Å². The molecule has 0 saturated heterocycles. The van der Waals surface area contributed by atoms with Crippen molar-refractivity contribution in [2.24, 2.45) is 10.7 Å². The molecule has 1 aliphatic rings. The summed E-state index contributed by atoms with van der Waals surface area (Å²) in [6.07, 6.45) is 0.893. The number of nitrogens with two attached hydrogens (primary N) is 1.